The Morgan fingerprint density at radius 2 is 1.67 bits per heavy atom. The minimum atomic E-state index is -0.972. The van der Waals surface area contributed by atoms with Crippen molar-refractivity contribution < 1.29 is 19.0 Å². The Kier molecular flexibility index (Phi) is 7.46. The van der Waals surface area contributed by atoms with Crippen molar-refractivity contribution in [1.29, 1.82) is 0 Å². The van der Waals surface area contributed by atoms with Gasteiger partial charge in [0.1, 0.15) is 11.4 Å². The van der Waals surface area contributed by atoms with E-state index in [0.717, 1.165) is 31.4 Å². The molecule has 0 aromatic heterocycles. The van der Waals surface area contributed by atoms with Gasteiger partial charge in [0.2, 0.25) is 0 Å². The zero-order valence-electron chi connectivity index (χ0n) is 21.6. The highest BCUT2D eigenvalue weighted by Gasteiger charge is 2.39. The number of ether oxygens (including phenoxy) is 1. The summed E-state index contributed by atoms with van der Waals surface area (Å²) >= 11 is 0. The first-order valence-electron chi connectivity index (χ1n) is 12.8. The van der Waals surface area contributed by atoms with Gasteiger partial charge in [-0.05, 0) is 83.3 Å². The molecule has 4 rings (SSSR count). The second-order valence-electron chi connectivity index (χ2n) is 9.90. The molecule has 1 fully saturated rings. The molecule has 0 spiro atoms. The quantitative estimate of drug-likeness (QED) is 0.298. The van der Waals surface area contributed by atoms with Crippen LogP contribution in [0.4, 0.5) is 4.39 Å². The van der Waals surface area contributed by atoms with Crippen LogP contribution in [0.25, 0.3) is 17.2 Å². The lowest BCUT2D eigenvalue weighted by Crippen LogP contribution is -2.26. The zero-order valence-corrected chi connectivity index (χ0v) is 21.6. The molecule has 1 atom stereocenters. The van der Waals surface area contributed by atoms with E-state index in [2.05, 4.69) is 70.2 Å². The van der Waals surface area contributed by atoms with Crippen molar-refractivity contribution in [2.45, 2.75) is 64.4 Å². The van der Waals surface area contributed by atoms with Crippen molar-refractivity contribution in [1.82, 2.24) is 0 Å². The molecule has 1 aliphatic rings. The number of carboxylic acid groups (broad SMARTS) is 1. The van der Waals surface area contributed by atoms with Crippen LogP contribution < -0.4 is 0 Å². The van der Waals surface area contributed by atoms with E-state index in [0.29, 0.717) is 11.1 Å². The van der Waals surface area contributed by atoms with E-state index in [1.165, 1.54) is 34.4 Å². The highest BCUT2D eigenvalue weighted by atomic mass is 19.1. The molecule has 36 heavy (non-hydrogen) atoms. The molecule has 1 aliphatic heterocycles. The first kappa shape index (κ1) is 25.8. The lowest BCUT2D eigenvalue weighted by molar-refractivity contribution is -0.136. The second-order valence-corrected chi connectivity index (χ2v) is 9.90. The average molecular weight is 487 g/mol. The fourth-order valence-electron chi connectivity index (χ4n) is 5.22. The number of epoxide rings is 1. The summed E-state index contributed by atoms with van der Waals surface area (Å²) in [5.41, 5.74) is 6.77. The summed E-state index contributed by atoms with van der Waals surface area (Å²) in [5.74, 6) is -1.40. The molecule has 0 amide bonds. The lowest BCUT2D eigenvalue weighted by Gasteiger charge is -2.34. The van der Waals surface area contributed by atoms with Gasteiger partial charge in [-0.3, -0.25) is 4.79 Å². The largest absolute Gasteiger partial charge is 0.481 e. The van der Waals surface area contributed by atoms with Gasteiger partial charge in [-0.25, -0.2) is 4.39 Å². The van der Waals surface area contributed by atoms with Crippen LogP contribution in [0.1, 0.15) is 67.9 Å². The molecule has 0 aliphatic carbocycles. The van der Waals surface area contributed by atoms with Crippen LogP contribution >= 0.6 is 0 Å². The summed E-state index contributed by atoms with van der Waals surface area (Å²) in [6, 6.07) is 19.5. The summed E-state index contributed by atoms with van der Waals surface area (Å²) in [7, 11) is 0. The molecule has 0 saturated carbocycles. The van der Waals surface area contributed by atoms with E-state index < -0.39 is 11.8 Å². The maximum atomic E-state index is 14.2. The molecule has 3 aromatic carbocycles. The highest BCUT2D eigenvalue weighted by molar-refractivity contribution is 5.72. The lowest BCUT2D eigenvalue weighted by atomic mass is 9.70. The van der Waals surface area contributed by atoms with E-state index in [-0.39, 0.29) is 17.4 Å². The van der Waals surface area contributed by atoms with E-state index >= 15 is 0 Å². The van der Waals surface area contributed by atoms with Crippen molar-refractivity contribution in [3.8, 4) is 11.1 Å². The maximum absolute atomic E-state index is 14.2. The Balaban J connectivity index is 1.64. The number of benzene rings is 3. The molecular formula is C32H35FO3. The van der Waals surface area contributed by atoms with Gasteiger partial charge >= 0.3 is 5.97 Å². The Hall–Kier alpha value is -3.24. The number of carboxylic acids is 1. The predicted molar refractivity (Wildman–Crippen MR) is 144 cm³/mol. The van der Waals surface area contributed by atoms with E-state index in [1.807, 2.05) is 12.1 Å². The van der Waals surface area contributed by atoms with Crippen molar-refractivity contribution in [3.05, 3.63) is 100 Å². The molecule has 0 radical (unpaired) electrons. The van der Waals surface area contributed by atoms with E-state index in [9.17, 15) is 9.18 Å². The van der Waals surface area contributed by atoms with Crippen LogP contribution in [0.5, 0.6) is 0 Å². The van der Waals surface area contributed by atoms with Crippen molar-refractivity contribution in [3.63, 3.8) is 0 Å². The molecule has 1 heterocycles. The van der Waals surface area contributed by atoms with Gasteiger partial charge < -0.3 is 9.84 Å². The van der Waals surface area contributed by atoms with Gasteiger partial charge in [-0.2, -0.15) is 0 Å². The van der Waals surface area contributed by atoms with Crippen molar-refractivity contribution >= 4 is 12.0 Å². The van der Waals surface area contributed by atoms with Crippen LogP contribution in [0.3, 0.4) is 0 Å². The number of hydrogen-bond donors (Lipinski definition) is 1. The molecular weight excluding hydrogens is 451 g/mol. The summed E-state index contributed by atoms with van der Waals surface area (Å²) in [5, 5.41) is 9.09. The van der Waals surface area contributed by atoms with Crippen LogP contribution in [0.2, 0.25) is 0 Å². The maximum Gasteiger partial charge on any atom is 0.307 e. The van der Waals surface area contributed by atoms with E-state index in [4.69, 9.17) is 9.84 Å². The predicted octanol–water partition coefficient (Wildman–Crippen LogP) is 7.73. The third-order valence-corrected chi connectivity index (χ3v) is 7.79. The molecule has 1 N–H and O–H groups in total. The molecule has 3 aromatic rings. The molecule has 1 unspecified atom stereocenters. The Morgan fingerprint density at radius 3 is 2.22 bits per heavy atom. The summed E-state index contributed by atoms with van der Waals surface area (Å²) in [4.78, 5) is 11.1. The van der Waals surface area contributed by atoms with Crippen molar-refractivity contribution in [2.24, 2.45) is 0 Å². The van der Waals surface area contributed by atoms with Crippen LogP contribution in [0, 0.1) is 12.7 Å². The highest BCUT2D eigenvalue weighted by Crippen LogP contribution is 2.41. The Bertz CT molecular complexity index is 1270. The molecule has 188 valence electrons. The number of aliphatic carboxylic acids is 1. The number of halogens is 1. The fraction of sp³-hybridized carbons (Fsp3) is 0.344. The third-order valence-electron chi connectivity index (χ3n) is 7.79. The normalized spacial score (nSPS) is 17.5. The smallest absolute Gasteiger partial charge is 0.307 e. The van der Waals surface area contributed by atoms with Gasteiger partial charge in [-0.1, -0.05) is 75.4 Å². The zero-order chi connectivity index (χ0) is 25.9. The molecule has 3 nitrogen and oxygen atoms in total. The third kappa shape index (κ3) is 5.29. The van der Waals surface area contributed by atoms with Gasteiger partial charge in [0.15, 0.2) is 0 Å². The molecule has 1 saturated heterocycles. The average Bonchev–Trinajstić information content (AvgIpc) is 3.65. The van der Waals surface area contributed by atoms with Gasteiger partial charge in [-0.15, -0.1) is 0 Å². The standard InChI is InChI=1S/C32H35FO3/c1-5-31(21-36-31)15-14-24-8-13-28(16-22(24)4)32(6-2,7-3)27-11-9-25(10-12-27)26-17-23(19-30(34)35)18-29(33)20-26/h8-18,20H,5-7,19,21H2,1-4H3,(H,34,35)/b15-14+. The molecule has 0 bridgehead atoms. The van der Waals surface area contributed by atoms with Gasteiger partial charge in [0.25, 0.3) is 0 Å². The number of aryl methyl sites for hydroxylation is 1. The summed E-state index contributed by atoms with van der Waals surface area (Å²) in [6.45, 7) is 9.56. The fourth-order valence-corrected chi connectivity index (χ4v) is 5.22. The van der Waals surface area contributed by atoms with Crippen LogP contribution in [-0.4, -0.2) is 23.3 Å². The van der Waals surface area contributed by atoms with Crippen LogP contribution in [0.15, 0.2) is 66.7 Å². The van der Waals surface area contributed by atoms with Gasteiger partial charge in [0, 0.05) is 5.41 Å². The van der Waals surface area contributed by atoms with Crippen molar-refractivity contribution in [2.75, 3.05) is 6.61 Å². The summed E-state index contributed by atoms with van der Waals surface area (Å²) < 4.78 is 19.8. The minimum Gasteiger partial charge on any atom is -0.481 e. The topological polar surface area (TPSA) is 49.8 Å². The molecule has 4 heteroatoms. The SMILES string of the molecule is CCC1(/C=C/c2ccc(C(CC)(CC)c3ccc(-c4cc(F)cc(CC(=O)O)c4)cc3)cc2C)CO1. The van der Waals surface area contributed by atoms with Crippen LogP contribution in [-0.2, 0) is 21.4 Å². The monoisotopic (exact) mass is 486 g/mol. The Labute approximate surface area is 213 Å². The second kappa shape index (κ2) is 10.4. The number of rotatable bonds is 10. The Morgan fingerprint density at radius 1 is 1.00 bits per heavy atom. The first-order valence-corrected chi connectivity index (χ1v) is 12.8. The first-order chi connectivity index (χ1) is 17.2. The number of carbonyl (C=O) groups is 1. The summed E-state index contributed by atoms with van der Waals surface area (Å²) in [6.07, 6.45) is 7.06. The van der Waals surface area contributed by atoms with Gasteiger partial charge in [0.05, 0.1) is 13.0 Å². The number of hydrogen-bond acceptors (Lipinski definition) is 2. The minimum absolute atomic E-state index is 0.0699. The van der Waals surface area contributed by atoms with E-state index in [1.54, 1.807) is 6.07 Å².